The molecule has 1 aliphatic heterocycles. The van der Waals surface area contributed by atoms with E-state index < -0.39 is 53.1 Å². The Morgan fingerprint density at radius 2 is 1.65 bits per heavy atom. The summed E-state index contributed by atoms with van der Waals surface area (Å²) in [6, 6.07) is 16.3. The minimum atomic E-state index is -1.99. The summed E-state index contributed by atoms with van der Waals surface area (Å²) in [5.74, 6) is -1.03. The molecule has 21 heteroatoms. The van der Waals surface area contributed by atoms with Crippen molar-refractivity contribution in [1.29, 1.82) is 0 Å². The molecule has 392 valence electrons. The monoisotopic (exact) mass is 1070 g/mol. The largest absolute Gasteiger partial charge is 0.491 e. The maximum atomic E-state index is 14.6. The van der Waals surface area contributed by atoms with Crippen molar-refractivity contribution in [2.45, 2.75) is 90.4 Å². The zero-order chi connectivity index (χ0) is 52.7. The minimum absolute atomic E-state index is 0.00111. The molecule has 1 saturated heterocycles. The number of nitrogens with zero attached hydrogens (tertiary/aromatic N) is 4. The van der Waals surface area contributed by atoms with Gasteiger partial charge >= 0.3 is 0 Å². The van der Waals surface area contributed by atoms with Gasteiger partial charge in [0.15, 0.2) is 5.67 Å². The van der Waals surface area contributed by atoms with Crippen LogP contribution >= 0.6 is 34.5 Å². The van der Waals surface area contributed by atoms with Crippen LogP contribution in [0.25, 0.3) is 32.6 Å². The predicted octanol–water partition coefficient (Wildman–Crippen LogP) is 7.96. The van der Waals surface area contributed by atoms with Crippen molar-refractivity contribution < 1.29 is 47.6 Å². The van der Waals surface area contributed by atoms with Gasteiger partial charge < -0.3 is 44.9 Å². The number of halogens is 3. The average Bonchev–Trinajstić information content (AvgIpc) is 3.62. The molecule has 8 rings (SSSR count). The number of fused-ring (bicyclic) bond motifs is 1. The summed E-state index contributed by atoms with van der Waals surface area (Å²) in [6.45, 7) is 10.5. The van der Waals surface area contributed by atoms with Gasteiger partial charge in [-0.05, 0) is 74.1 Å². The van der Waals surface area contributed by atoms with E-state index in [1.54, 1.807) is 38.4 Å². The summed E-state index contributed by atoms with van der Waals surface area (Å²) in [4.78, 5) is 64.0. The van der Waals surface area contributed by atoms with Gasteiger partial charge in [-0.15, -0.1) is 11.3 Å². The number of alkyl halides is 1. The number of aromatic amines is 1. The number of pyridine rings is 1. The number of amides is 4. The number of rotatable bonds is 22. The molecule has 0 unspecified atom stereocenters. The normalized spacial score (nSPS) is 16.9. The van der Waals surface area contributed by atoms with E-state index in [0.717, 1.165) is 32.6 Å². The fourth-order valence-electron chi connectivity index (χ4n) is 8.58. The first-order valence-electron chi connectivity index (χ1n) is 24.3. The SMILES string of the molecule is Cc1ncsc1-c1ccc(CNC(=O)[C@@H]2C[C@@H](O)CN2C(=O)[C@@H](NC(=O)C2(F)CC2)C(C)(C)C)c(OCCOCCOCCNC(=O)c2ccc(-c3n[nH]c4ccc(O[C@H](C)c5c(Cl)cncc5Cl)cc34)cc2)c1. The van der Waals surface area contributed by atoms with Crippen LogP contribution in [-0.2, 0) is 30.4 Å². The molecule has 0 bridgehead atoms. The summed E-state index contributed by atoms with van der Waals surface area (Å²) in [6.07, 6.45) is 1.84. The number of carbonyl (C=O) groups is 4. The molecule has 0 radical (unpaired) electrons. The van der Waals surface area contributed by atoms with E-state index >= 15 is 0 Å². The van der Waals surface area contributed by atoms with E-state index in [1.807, 2.05) is 62.4 Å². The minimum Gasteiger partial charge on any atom is -0.491 e. The number of benzene rings is 3. The van der Waals surface area contributed by atoms with Crippen LogP contribution in [0.3, 0.4) is 0 Å². The summed E-state index contributed by atoms with van der Waals surface area (Å²) < 4.78 is 38.5. The summed E-state index contributed by atoms with van der Waals surface area (Å²) in [5, 5.41) is 28.2. The molecule has 74 heavy (non-hydrogen) atoms. The molecule has 3 aromatic carbocycles. The molecule has 4 heterocycles. The second kappa shape index (κ2) is 23.5. The summed E-state index contributed by atoms with van der Waals surface area (Å²) >= 11 is 14.2. The fraction of sp³-hybridized carbons (Fsp3) is 0.415. The number of aromatic nitrogens is 4. The Morgan fingerprint density at radius 3 is 2.34 bits per heavy atom. The third-order valence-corrected chi connectivity index (χ3v) is 14.4. The number of aliphatic hydroxyl groups excluding tert-OH is 1. The number of hydrogen-bond donors (Lipinski definition) is 5. The lowest BCUT2D eigenvalue weighted by Gasteiger charge is -2.35. The molecular weight excluding hydrogens is 1010 g/mol. The van der Waals surface area contributed by atoms with Crippen molar-refractivity contribution >= 4 is 69.1 Å². The Kier molecular flexibility index (Phi) is 17.2. The molecule has 1 saturated carbocycles. The number of likely N-dealkylation sites (tertiary alicyclic amines) is 1. The van der Waals surface area contributed by atoms with Crippen molar-refractivity contribution in [3.63, 3.8) is 0 Å². The van der Waals surface area contributed by atoms with E-state index in [2.05, 4.69) is 36.1 Å². The molecule has 3 aromatic heterocycles. The number of ether oxygens (including phenoxy) is 4. The van der Waals surface area contributed by atoms with Crippen LogP contribution in [0.4, 0.5) is 4.39 Å². The highest BCUT2D eigenvalue weighted by Gasteiger charge is 2.53. The number of thiazole rings is 1. The van der Waals surface area contributed by atoms with Crippen molar-refractivity contribution in [3.05, 3.63) is 111 Å². The molecule has 4 atom stereocenters. The maximum absolute atomic E-state index is 14.6. The lowest BCUT2D eigenvalue weighted by molar-refractivity contribution is -0.145. The highest BCUT2D eigenvalue weighted by atomic mass is 35.5. The van der Waals surface area contributed by atoms with E-state index in [-0.39, 0.29) is 77.8 Å². The zero-order valence-corrected chi connectivity index (χ0v) is 44.0. The van der Waals surface area contributed by atoms with E-state index in [1.165, 1.54) is 28.6 Å². The number of aliphatic hydroxyl groups is 1. The van der Waals surface area contributed by atoms with Crippen LogP contribution in [0, 0.1) is 12.3 Å². The molecule has 4 amide bonds. The van der Waals surface area contributed by atoms with Gasteiger partial charge in [0.1, 0.15) is 42.0 Å². The molecular formula is C53H59Cl2FN8O9S. The van der Waals surface area contributed by atoms with Gasteiger partial charge in [-0.3, -0.25) is 29.3 Å². The Bertz CT molecular complexity index is 2960. The zero-order valence-electron chi connectivity index (χ0n) is 41.6. The lowest BCUT2D eigenvalue weighted by Crippen LogP contribution is -2.59. The van der Waals surface area contributed by atoms with E-state index in [9.17, 15) is 28.7 Å². The van der Waals surface area contributed by atoms with Crippen LogP contribution in [0.2, 0.25) is 10.0 Å². The topological polar surface area (TPSA) is 219 Å². The highest BCUT2D eigenvalue weighted by Crippen LogP contribution is 2.41. The number of H-pyrrole nitrogens is 1. The Balaban J connectivity index is 0.776. The van der Waals surface area contributed by atoms with E-state index in [4.69, 9.17) is 42.1 Å². The van der Waals surface area contributed by atoms with E-state index in [0.29, 0.717) is 43.9 Å². The van der Waals surface area contributed by atoms with Crippen molar-refractivity contribution in [1.82, 2.24) is 41.0 Å². The molecule has 2 fully saturated rings. The first kappa shape index (κ1) is 54.1. The highest BCUT2D eigenvalue weighted by molar-refractivity contribution is 7.13. The number of nitrogens with one attached hydrogen (secondary N) is 4. The Labute approximate surface area is 441 Å². The third kappa shape index (κ3) is 13.0. The summed E-state index contributed by atoms with van der Waals surface area (Å²) in [7, 11) is 0. The first-order chi connectivity index (χ1) is 35.4. The molecule has 5 N–H and O–H groups in total. The standard InChI is InChI=1S/C53H59Cl2FN8O9S/c1-30-46(74-29-60-30)34-10-11-35(25-59-49(67)42-23-36(65)28-64(42)50(68)47(52(3,4)5)61-51(69)53(56)14-15-53)43(22-34)72-21-20-71-19-18-70-17-16-58-48(66)33-8-6-32(7-9-33)45-38-24-37(12-13-41(38)62-63-45)73-31(2)44-39(54)26-57-27-40(44)55/h6-13,22,24,26-27,29,31,36,42,47,65H,14-21,23,25,28H2,1-5H3,(H,58,66)(H,59,67)(H,61,69)(H,62,63)/t31-,36-,42+,47-/m1/s1. The van der Waals surface area contributed by atoms with Crippen molar-refractivity contribution in [2.75, 3.05) is 46.1 Å². The van der Waals surface area contributed by atoms with Gasteiger partial charge in [0, 0.05) is 66.1 Å². The van der Waals surface area contributed by atoms with Crippen LogP contribution < -0.4 is 25.4 Å². The number of β-amino-alcohol motifs (C(OH)–C–C–N with tert-alkyl or cyclic N) is 1. The van der Waals surface area contributed by atoms with Crippen molar-refractivity contribution in [3.8, 4) is 33.2 Å². The third-order valence-electron chi connectivity index (χ3n) is 12.8. The molecule has 2 aliphatic rings. The van der Waals surface area contributed by atoms with Gasteiger partial charge in [0.25, 0.3) is 11.8 Å². The van der Waals surface area contributed by atoms with Crippen molar-refractivity contribution in [2.24, 2.45) is 5.41 Å². The van der Waals surface area contributed by atoms with Crippen LogP contribution in [0.15, 0.2) is 78.6 Å². The smallest absolute Gasteiger partial charge is 0.258 e. The molecule has 0 spiro atoms. The van der Waals surface area contributed by atoms with Gasteiger partial charge in [0.2, 0.25) is 11.8 Å². The Hall–Kier alpha value is -6.22. The predicted molar refractivity (Wildman–Crippen MR) is 279 cm³/mol. The Morgan fingerprint density at radius 1 is 0.946 bits per heavy atom. The molecule has 17 nitrogen and oxygen atoms in total. The van der Waals surface area contributed by atoms with Gasteiger partial charge in [0.05, 0.1) is 64.2 Å². The fourth-order valence-corrected chi connectivity index (χ4v) is 10.1. The second-order valence-corrected chi connectivity index (χ2v) is 21.1. The average molecular weight is 1070 g/mol. The molecule has 1 aliphatic carbocycles. The van der Waals surface area contributed by atoms with Crippen LogP contribution in [0.1, 0.15) is 80.2 Å². The number of aryl methyl sites for hydroxylation is 1. The lowest BCUT2D eigenvalue weighted by atomic mass is 9.85. The van der Waals surface area contributed by atoms with Crippen LogP contribution in [0.5, 0.6) is 11.5 Å². The van der Waals surface area contributed by atoms with Gasteiger partial charge in [-0.25, -0.2) is 9.37 Å². The maximum Gasteiger partial charge on any atom is 0.258 e. The second-order valence-electron chi connectivity index (χ2n) is 19.4. The number of carbonyl (C=O) groups excluding carboxylic acids is 4. The van der Waals surface area contributed by atoms with Crippen LogP contribution in [-0.4, -0.2) is 124 Å². The number of hydrogen-bond acceptors (Lipinski definition) is 13. The first-order valence-corrected chi connectivity index (χ1v) is 25.9. The quantitative estimate of drug-likeness (QED) is 0.0409. The molecule has 6 aromatic rings. The van der Waals surface area contributed by atoms with Gasteiger partial charge in [-0.1, -0.05) is 68.2 Å². The van der Waals surface area contributed by atoms with Gasteiger partial charge in [-0.2, -0.15) is 5.10 Å². The summed E-state index contributed by atoms with van der Waals surface area (Å²) in [5.41, 5.74) is 4.83.